The summed E-state index contributed by atoms with van der Waals surface area (Å²) in [4.78, 5) is 0. The van der Waals surface area contributed by atoms with E-state index in [1.165, 1.54) is 83.5 Å². The van der Waals surface area contributed by atoms with Gasteiger partial charge in [0.1, 0.15) is 0 Å². The fraction of sp³-hybridized carbons (Fsp3) is 1.00. The van der Waals surface area contributed by atoms with E-state index in [4.69, 9.17) is 13.3 Å². The van der Waals surface area contributed by atoms with E-state index in [1.54, 1.807) is 0 Å². The topological polar surface area (TPSA) is 27.7 Å². The molecule has 4 heteroatoms. The van der Waals surface area contributed by atoms with Crippen molar-refractivity contribution in [1.82, 2.24) is 0 Å². The monoisotopic (exact) mass is 410 g/mol. The number of rotatable bonds is 9. The molecule has 0 bridgehead atoms. The zero-order chi connectivity index (χ0) is 19.8. The number of hydrogen-bond acceptors (Lipinski definition) is 3. The highest BCUT2D eigenvalue weighted by Crippen LogP contribution is 2.48. The molecule has 0 aromatic heterocycles. The van der Waals surface area contributed by atoms with Crippen LogP contribution in [0.5, 0.6) is 0 Å². The van der Waals surface area contributed by atoms with Crippen LogP contribution < -0.4 is 0 Å². The van der Waals surface area contributed by atoms with E-state index in [9.17, 15) is 0 Å². The summed E-state index contributed by atoms with van der Waals surface area (Å²) in [5.41, 5.74) is 0.516. The Labute approximate surface area is 175 Å². The van der Waals surface area contributed by atoms with Gasteiger partial charge >= 0.3 is 8.80 Å². The highest BCUT2D eigenvalue weighted by Gasteiger charge is 2.50. The fourth-order valence-corrected chi connectivity index (χ4v) is 9.92. The summed E-state index contributed by atoms with van der Waals surface area (Å²) in [5.74, 6) is 4.06. The van der Waals surface area contributed by atoms with E-state index in [1.807, 2.05) is 0 Å². The van der Waals surface area contributed by atoms with E-state index in [2.05, 4.69) is 20.8 Å². The molecular formula is C24H46O3Si. The average molecular weight is 411 g/mol. The van der Waals surface area contributed by atoms with Crippen LogP contribution in [0.2, 0.25) is 5.54 Å². The second-order valence-corrected chi connectivity index (χ2v) is 12.5. The van der Waals surface area contributed by atoms with Crippen molar-refractivity contribution in [2.75, 3.05) is 19.8 Å². The predicted octanol–water partition coefficient (Wildman–Crippen LogP) is 6.98. The molecule has 3 nitrogen and oxygen atoms in total. The molecule has 0 aromatic rings. The van der Waals surface area contributed by atoms with Crippen LogP contribution >= 0.6 is 0 Å². The van der Waals surface area contributed by atoms with Gasteiger partial charge in [0, 0.05) is 25.4 Å². The van der Waals surface area contributed by atoms with Crippen molar-refractivity contribution in [2.45, 2.75) is 110 Å². The third kappa shape index (κ3) is 5.62. The van der Waals surface area contributed by atoms with Crippen LogP contribution in [0.15, 0.2) is 0 Å². The van der Waals surface area contributed by atoms with Gasteiger partial charge in [-0.15, -0.1) is 0 Å². The second kappa shape index (κ2) is 11.5. The first-order chi connectivity index (χ1) is 13.7. The van der Waals surface area contributed by atoms with Crippen LogP contribution in [0.3, 0.4) is 0 Å². The van der Waals surface area contributed by atoms with Gasteiger partial charge in [-0.05, 0) is 95.8 Å². The van der Waals surface area contributed by atoms with Crippen LogP contribution in [0.1, 0.15) is 104 Å². The molecule has 0 heterocycles. The maximum absolute atomic E-state index is 6.21. The van der Waals surface area contributed by atoms with Gasteiger partial charge in [-0.25, -0.2) is 0 Å². The maximum Gasteiger partial charge on any atom is 0.504 e. The Kier molecular flexibility index (Phi) is 9.34. The summed E-state index contributed by atoms with van der Waals surface area (Å²) in [5, 5.41) is 0. The molecule has 3 saturated carbocycles. The first-order valence-corrected chi connectivity index (χ1v) is 14.4. The molecule has 0 amide bonds. The predicted molar refractivity (Wildman–Crippen MR) is 118 cm³/mol. The van der Waals surface area contributed by atoms with Gasteiger partial charge < -0.3 is 13.3 Å². The van der Waals surface area contributed by atoms with Crippen LogP contribution in [0.4, 0.5) is 0 Å². The Bertz CT molecular complexity index is 405. The van der Waals surface area contributed by atoms with Gasteiger partial charge in [0.05, 0.1) is 0 Å². The van der Waals surface area contributed by atoms with E-state index < -0.39 is 8.80 Å². The summed E-state index contributed by atoms with van der Waals surface area (Å²) < 4.78 is 18.6. The molecule has 0 saturated heterocycles. The summed E-state index contributed by atoms with van der Waals surface area (Å²) >= 11 is 0. The molecule has 0 spiro atoms. The Hall–Kier alpha value is 0.0969. The van der Waals surface area contributed by atoms with E-state index in [0.29, 0.717) is 25.4 Å². The summed E-state index contributed by atoms with van der Waals surface area (Å²) in [6, 6.07) is 0. The molecule has 0 aliphatic heterocycles. The maximum atomic E-state index is 6.21. The Morgan fingerprint density at radius 2 is 0.857 bits per heavy atom. The largest absolute Gasteiger partial charge is 0.504 e. The van der Waals surface area contributed by atoms with E-state index in [0.717, 1.165) is 23.7 Å². The normalized spacial score (nSPS) is 33.1. The second-order valence-electron chi connectivity index (χ2n) is 9.59. The van der Waals surface area contributed by atoms with Crippen LogP contribution in [0.25, 0.3) is 0 Å². The molecule has 0 N–H and O–H groups in total. The first-order valence-electron chi connectivity index (χ1n) is 12.6. The highest BCUT2D eigenvalue weighted by molar-refractivity contribution is 6.62. The quantitative estimate of drug-likeness (QED) is 0.384. The molecule has 3 rings (SSSR count). The Morgan fingerprint density at radius 1 is 0.500 bits per heavy atom. The lowest BCUT2D eigenvalue weighted by Crippen LogP contribution is -2.51. The lowest BCUT2D eigenvalue weighted by atomic mass is 9.66. The first kappa shape index (κ1) is 22.8. The van der Waals surface area contributed by atoms with Gasteiger partial charge in [-0.3, -0.25) is 0 Å². The third-order valence-corrected chi connectivity index (χ3v) is 11.8. The number of hydrogen-bond donors (Lipinski definition) is 0. The van der Waals surface area contributed by atoms with Crippen LogP contribution in [0, 0.1) is 23.7 Å². The van der Waals surface area contributed by atoms with Gasteiger partial charge in [0.2, 0.25) is 0 Å². The lowest BCUT2D eigenvalue weighted by Gasteiger charge is -2.43. The van der Waals surface area contributed by atoms with Gasteiger partial charge in [-0.2, -0.15) is 0 Å². The molecule has 3 aliphatic rings. The molecule has 0 unspecified atom stereocenters. The average Bonchev–Trinajstić information content (AvgIpc) is 2.75. The molecule has 0 aromatic carbocycles. The zero-order valence-corrected chi connectivity index (χ0v) is 19.9. The highest BCUT2D eigenvalue weighted by atomic mass is 28.4. The molecule has 0 radical (unpaired) electrons. The fourth-order valence-electron chi connectivity index (χ4n) is 6.72. The lowest BCUT2D eigenvalue weighted by molar-refractivity contribution is 0.0492. The van der Waals surface area contributed by atoms with Crippen molar-refractivity contribution in [3.63, 3.8) is 0 Å². The molecular weight excluding hydrogens is 364 g/mol. The van der Waals surface area contributed by atoms with Crippen molar-refractivity contribution in [2.24, 2.45) is 23.7 Å². The van der Waals surface area contributed by atoms with Crippen molar-refractivity contribution < 1.29 is 13.3 Å². The third-order valence-electron chi connectivity index (χ3n) is 8.11. The van der Waals surface area contributed by atoms with Crippen molar-refractivity contribution >= 4 is 8.80 Å². The van der Waals surface area contributed by atoms with Crippen molar-refractivity contribution in [3.05, 3.63) is 0 Å². The minimum atomic E-state index is -2.51. The molecule has 164 valence electrons. The van der Waals surface area contributed by atoms with Crippen molar-refractivity contribution in [3.8, 4) is 0 Å². The summed E-state index contributed by atoms with van der Waals surface area (Å²) in [6.07, 6.45) is 18.8. The Balaban J connectivity index is 1.48. The SMILES string of the molecule is CCO[Si](OCC)(OCC)C1CCC(C2CCC(C3CCCCC3)CC2)CC1. The van der Waals surface area contributed by atoms with Gasteiger partial charge in [0.25, 0.3) is 0 Å². The van der Waals surface area contributed by atoms with Crippen LogP contribution in [-0.4, -0.2) is 28.6 Å². The van der Waals surface area contributed by atoms with Crippen LogP contribution in [-0.2, 0) is 13.3 Å². The van der Waals surface area contributed by atoms with E-state index >= 15 is 0 Å². The molecule has 28 heavy (non-hydrogen) atoms. The smallest absolute Gasteiger partial charge is 0.374 e. The minimum Gasteiger partial charge on any atom is -0.374 e. The van der Waals surface area contributed by atoms with Gasteiger partial charge in [-0.1, -0.05) is 32.1 Å². The zero-order valence-electron chi connectivity index (χ0n) is 18.9. The molecule has 0 atom stereocenters. The van der Waals surface area contributed by atoms with Gasteiger partial charge in [0.15, 0.2) is 0 Å². The molecule has 3 aliphatic carbocycles. The summed E-state index contributed by atoms with van der Waals surface area (Å²) in [7, 11) is -2.51. The van der Waals surface area contributed by atoms with Crippen molar-refractivity contribution in [1.29, 1.82) is 0 Å². The molecule has 3 fully saturated rings. The summed E-state index contributed by atoms with van der Waals surface area (Å²) in [6.45, 7) is 8.36. The standard InChI is InChI=1S/C24H46O3Si/c1-4-25-28(26-5-2,27-6-3)24-18-16-23(17-19-24)22-14-12-21(13-15-22)20-10-8-7-9-11-20/h20-24H,4-19H2,1-3H3. The Morgan fingerprint density at radius 3 is 1.25 bits per heavy atom. The minimum absolute atomic E-state index is 0.516. The van der Waals surface area contributed by atoms with E-state index in [-0.39, 0.29) is 0 Å².